The second kappa shape index (κ2) is 6.24. The molecule has 2 aromatic heterocycles. The molecule has 3 heterocycles. The number of rotatable bonds is 3. The summed E-state index contributed by atoms with van der Waals surface area (Å²) >= 11 is 1.67. The molecule has 0 saturated carbocycles. The maximum atomic E-state index is 13.9. The summed E-state index contributed by atoms with van der Waals surface area (Å²) in [6.45, 7) is 0.719. The molecule has 3 nitrogen and oxygen atoms in total. The molecule has 0 unspecified atom stereocenters. The highest BCUT2D eigenvalue weighted by molar-refractivity contribution is 7.10. The van der Waals surface area contributed by atoms with Gasteiger partial charge in [-0.15, -0.1) is 11.3 Å². The van der Waals surface area contributed by atoms with Gasteiger partial charge in [0.25, 0.3) is 5.91 Å². The Balaban J connectivity index is 1.60. The molecule has 1 saturated heterocycles. The molecule has 0 spiro atoms. The molecule has 4 rings (SSSR count). The third-order valence-corrected chi connectivity index (χ3v) is 5.31. The Hall–Kier alpha value is -2.40. The summed E-state index contributed by atoms with van der Waals surface area (Å²) in [7, 11) is 0. The van der Waals surface area contributed by atoms with Crippen molar-refractivity contribution in [2.75, 3.05) is 6.54 Å². The molecule has 1 aliphatic rings. The lowest BCUT2D eigenvalue weighted by molar-refractivity contribution is 0.0706. The van der Waals surface area contributed by atoms with E-state index in [1.54, 1.807) is 41.7 Å². The molecule has 24 heavy (non-hydrogen) atoms. The second-order valence-corrected chi connectivity index (χ2v) is 6.80. The number of furan rings is 1. The van der Waals surface area contributed by atoms with Gasteiger partial charge in [0.05, 0.1) is 11.6 Å². The quantitative estimate of drug-likeness (QED) is 0.662. The van der Waals surface area contributed by atoms with Crippen molar-refractivity contribution >= 4 is 17.2 Å². The molecule has 5 heteroatoms. The number of amides is 1. The first-order chi connectivity index (χ1) is 11.7. The average Bonchev–Trinajstić information content (AvgIpc) is 3.34. The van der Waals surface area contributed by atoms with E-state index in [1.165, 1.54) is 10.9 Å². The Morgan fingerprint density at radius 2 is 2.04 bits per heavy atom. The third kappa shape index (κ3) is 2.65. The minimum atomic E-state index is -0.358. The number of benzene rings is 1. The fourth-order valence-electron chi connectivity index (χ4n) is 3.19. The Morgan fingerprint density at radius 1 is 1.17 bits per heavy atom. The predicted molar refractivity (Wildman–Crippen MR) is 91.4 cm³/mol. The molecule has 0 radical (unpaired) electrons. The van der Waals surface area contributed by atoms with Gasteiger partial charge in [-0.25, -0.2) is 4.39 Å². The first-order valence-corrected chi connectivity index (χ1v) is 8.81. The van der Waals surface area contributed by atoms with Crippen LogP contribution >= 0.6 is 11.3 Å². The van der Waals surface area contributed by atoms with Gasteiger partial charge in [-0.2, -0.15) is 0 Å². The van der Waals surface area contributed by atoms with Crippen LogP contribution in [0, 0.1) is 5.82 Å². The number of likely N-dealkylation sites (tertiary alicyclic amines) is 1. The lowest BCUT2D eigenvalue weighted by Crippen LogP contribution is -2.29. The number of thiophene rings is 1. The summed E-state index contributed by atoms with van der Waals surface area (Å²) in [5.74, 6) is 0.150. The van der Waals surface area contributed by atoms with Crippen molar-refractivity contribution in [2.45, 2.75) is 18.9 Å². The fourth-order valence-corrected chi connectivity index (χ4v) is 4.06. The monoisotopic (exact) mass is 341 g/mol. The number of carbonyl (C=O) groups excluding carboxylic acids is 1. The van der Waals surface area contributed by atoms with Gasteiger partial charge < -0.3 is 9.32 Å². The lowest BCUT2D eigenvalue weighted by atomic mass is 10.1. The van der Waals surface area contributed by atoms with E-state index >= 15 is 0 Å². The third-order valence-electron chi connectivity index (χ3n) is 4.34. The maximum absolute atomic E-state index is 13.9. The van der Waals surface area contributed by atoms with Gasteiger partial charge in [-0.1, -0.05) is 18.2 Å². The van der Waals surface area contributed by atoms with Crippen LogP contribution in [-0.2, 0) is 0 Å². The van der Waals surface area contributed by atoms with E-state index in [0.29, 0.717) is 11.3 Å². The Morgan fingerprint density at radius 3 is 2.83 bits per heavy atom. The molecule has 1 atom stereocenters. The molecule has 0 N–H and O–H groups in total. The Labute approximate surface area is 143 Å². The average molecular weight is 341 g/mol. The summed E-state index contributed by atoms with van der Waals surface area (Å²) in [5, 5.41) is 2.03. The summed E-state index contributed by atoms with van der Waals surface area (Å²) in [6.07, 6.45) is 1.95. The van der Waals surface area contributed by atoms with Gasteiger partial charge in [0.1, 0.15) is 11.6 Å². The number of hydrogen-bond acceptors (Lipinski definition) is 3. The van der Waals surface area contributed by atoms with Crippen LogP contribution in [0.25, 0.3) is 11.3 Å². The number of nitrogens with zero attached hydrogens (tertiary/aromatic N) is 1. The fraction of sp³-hybridized carbons (Fsp3) is 0.211. The van der Waals surface area contributed by atoms with Gasteiger partial charge in [0.2, 0.25) is 0 Å². The van der Waals surface area contributed by atoms with Crippen LogP contribution in [0.15, 0.2) is 58.3 Å². The summed E-state index contributed by atoms with van der Waals surface area (Å²) in [6, 6.07) is 13.9. The van der Waals surface area contributed by atoms with Crippen molar-refractivity contribution in [3.8, 4) is 11.3 Å². The zero-order valence-electron chi connectivity index (χ0n) is 12.9. The van der Waals surface area contributed by atoms with Crippen molar-refractivity contribution in [3.05, 3.63) is 70.4 Å². The molecule has 1 amide bonds. The second-order valence-electron chi connectivity index (χ2n) is 5.82. The first kappa shape index (κ1) is 15.1. The van der Waals surface area contributed by atoms with Crippen LogP contribution in [0.3, 0.4) is 0 Å². The van der Waals surface area contributed by atoms with E-state index in [-0.39, 0.29) is 23.5 Å². The molecule has 122 valence electrons. The van der Waals surface area contributed by atoms with Crippen molar-refractivity contribution < 1.29 is 13.6 Å². The summed E-state index contributed by atoms with van der Waals surface area (Å²) in [4.78, 5) is 15.9. The highest BCUT2D eigenvalue weighted by Gasteiger charge is 2.32. The smallest absolute Gasteiger partial charge is 0.290 e. The maximum Gasteiger partial charge on any atom is 0.290 e. The minimum Gasteiger partial charge on any atom is -0.451 e. The predicted octanol–water partition coefficient (Wildman–Crippen LogP) is 5.12. The molecule has 0 bridgehead atoms. The van der Waals surface area contributed by atoms with E-state index < -0.39 is 0 Å². The van der Waals surface area contributed by atoms with Crippen molar-refractivity contribution in [1.82, 2.24) is 4.90 Å². The molecular weight excluding hydrogens is 325 g/mol. The van der Waals surface area contributed by atoms with Crippen LogP contribution in [0.1, 0.15) is 34.3 Å². The Kier molecular flexibility index (Phi) is 3.94. The molecule has 1 aromatic carbocycles. The zero-order valence-corrected chi connectivity index (χ0v) is 13.8. The lowest BCUT2D eigenvalue weighted by Gasteiger charge is -2.22. The van der Waals surface area contributed by atoms with Crippen LogP contribution < -0.4 is 0 Å². The molecule has 1 fully saturated rings. The largest absolute Gasteiger partial charge is 0.451 e. The topological polar surface area (TPSA) is 33.5 Å². The molecule has 1 aliphatic heterocycles. The van der Waals surface area contributed by atoms with Crippen molar-refractivity contribution in [2.24, 2.45) is 0 Å². The van der Waals surface area contributed by atoms with Crippen LogP contribution in [0.5, 0.6) is 0 Å². The molecular formula is C19H16FNO2S. The standard InChI is InChI=1S/C19H16FNO2S/c20-14-6-2-1-5-13(14)16-9-10-17(23-16)19(22)21-11-3-7-15(21)18-8-4-12-24-18/h1-2,4-6,8-10,12,15H,3,7,11H2/t15-/m0/s1. The molecule has 3 aromatic rings. The van der Waals surface area contributed by atoms with E-state index in [1.807, 2.05) is 16.3 Å². The summed E-state index contributed by atoms with van der Waals surface area (Å²) in [5.41, 5.74) is 0.368. The van der Waals surface area contributed by atoms with Crippen molar-refractivity contribution in [1.29, 1.82) is 0 Å². The van der Waals surface area contributed by atoms with E-state index in [4.69, 9.17) is 4.42 Å². The van der Waals surface area contributed by atoms with Gasteiger partial charge >= 0.3 is 0 Å². The van der Waals surface area contributed by atoms with Crippen LogP contribution in [0.2, 0.25) is 0 Å². The van der Waals surface area contributed by atoms with E-state index in [2.05, 4.69) is 6.07 Å². The van der Waals surface area contributed by atoms with Gasteiger partial charge in [0.15, 0.2) is 5.76 Å². The van der Waals surface area contributed by atoms with Crippen LogP contribution in [-0.4, -0.2) is 17.4 Å². The SMILES string of the molecule is O=C(c1ccc(-c2ccccc2F)o1)N1CCC[C@H]1c1cccs1. The highest BCUT2D eigenvalue weighted by atomic mass is 32.1. The summed E-state index contributed by atoms with van der Waals surface area (Å²) < 4.78 is 19.5. The van der Waals surface area contributed by atoms with Gasteiger partial charge in [-0.05, 0) is 48.6 Å². The van der Waals surface area contributed by atoms with Gasteiger partial charge in [0, 0.05) is 11.4 Å². The van der Waals surface area contributed by atoms with Crippen LogP contribution in [0.4, 0.5) is 4.39 Å². The number of halogens is 1. The van der Waals surface area contributed by atoms with E-state index in [9.17, 15) is 9.18 Å². The van der Waals surface area contributed by atoms with E-state index in [0.717, 1.165) is 19.4 Å². The minimum absolute atomic E-state index is 0.111. The normalized spacial score (nSPS) is 17.4. The van der Waals surface area contributed by atoms with Crippen molar-refractivity contribution in [3.63, 3.8) is 0 Å². The first-order valence-electron chi connectivity index (χ1n) is 7.93. The number of carbonyl (C=O) groups is 1. The Bertz CT molecular complexity index is 856. The van der Waals surface area contributed by atoms with Gasteiger partial charge in [-0.3, -0.25) is 4.79 Å². The number of hydrogen-bond donors (Lipinski definition) is 0. The zero-order chi connectivity index (χ0) is 16.5. The molecule has 0 aliphatic carbocycles. The highest BCUT2D eigenvalue weighted by Crippen LogP contribution is 2.36.